The smallest absolute Gasteiger partial charge is 0.272 e. The van der Waals surface area contributed by atoms with Gasteiger partial charge in [0.15, 0.2) is 11.4 Å². The lowest BCUT2D eigenvalue weighted by Gasteiger charge is -2.22. The van der Waals surface area contributed by atoms with Crippen molar-refractivity contribution in [3.63, 3.8) is 0 Å². The van der Waals surface area contributed by atoms with Crippen molar-refractivity contribution >= 4 is 17.4 Å². The van der Waals surface area contributed by atoms with Gasteiger partial charge in [0, 0.05) is 12.8 Å². The van der Waals surface area contributed by atoms with Gasteiger partial charge in [-0.3, -0.25) is 14.5 Å². The molecule has 2 aromatic rings. The van der Waals surface area contributed by atoms with Gasteiger partial charge in [-0.05, 0) is 31.9 Å². The molecule has 156 valence electrons. The first kappa shape index (κ1) is 22.2. The molecule has 1 amide bonds. The molecular formula is C19H24F2N6O2. The van der Waals surface area contributed by atoms with Crippen molar-refractivity contribution in [3.8, 4) is 6.57 Å². The molecule has 4 N–H and O–H groups in total. The number of carbonyl (C=O) groups excluding carboxylic acids is 1. The van der Waals surface area contributed by atoms with E-state index in [0.29, 0.717) is 11.5 Å². The number of nitrogens with two attached hydrogens (primary N) is 1. The number of aliphatic hydroxyl groups is 1. The number of primary amides is 1. The highest BCUT2D eigenvalue weighted by atomic mass is 19.3. The molecule has 2 aromatic heterocycles. The number of nitrogens with zero attached hydrogens (tertiary/aromatic N) is 4. The fourth-order valence-electron chi connectivity index (χ4n) is 3.21. The fraction of sp³-hybridized carbons (Fsp3) is 0.474. The Kier molecular flexibility index (Phi) is 7.23. The Bertz CT molecular complexity index is 842. The first-order valence-electron chi connectivity index (χ1n) is 9.18. The van der Waals surface area contributed by atoms with E-state index in [2.05, 4.69) is 22.0 Å². The molecule has 29 heavy (non-hydrogen) atoms. The number of pyridine rings is 1. The number of aromatic nitrogens is 3. The SMILES string of the molecule is C#N.CC(O)(c1ccc(Nc2nn(C3CCCCC3)cc2C(N)=O)cn1)C(F)F. The molecule has 10 heteroatoms. The highest BCUT2D eigenvalue weighted by Crippen LogP contribution is 2.30. The molecular weight excluding hydrogens is 382 g/mol. The molecule has 0 spiro atoms. The van der Waals surface area contributed by atoms with Crippen LogP contribution < -0.4 is 11.1 Å². The summed E-state index contributed by atoms with van der Waals surface area (Å²) in [7, 11) is 0. The van der Waals surface area contributed by atoms with Crippen molar-refractivity contribution in [3.05, 3.63) is 35.8 Å². The van der Waals surface area contributed by atoms with Crippen LogP contribution in [0.2, 0.25) is 0 Å². The number of halogens is 2. The van der Waals surface area contributed by atoms with Crippen LogP contribution in [-0.2, 0) is 5.60 Å². The normalized spacial score (nSPS) is 16.5. The first-order valence-corrected chi connectivity index (χ1v) is 9.18. The summed E-state index contributed by atoms with van der Waals surface area (Å²) in [5.74, 6) is -0.312. The zero-order chi connectivity index (χ0) is 21.6. The van der Waals surface area contributed by atoms with Crippen LogP contribution in [0.15, 0.2) is 24.5 Å². The van der Waals surface area contributed by atoms with Crippen molar-refractivity contribution < 1.29 is 18.7 Å². The molecule has 1 aliphatic carbocycles. The van der Waals surface area contributed by atoms with Crippen LogP contribution in [0.1, 0.15) is 61.1 Å². The Labute approximate surface area is 167 Å². The van der Waals surface area contributed by atoms with Crippen LogP contribution in [-0.4, -0.2) is 32.2 Å². The topological polar surface area (TPSA) is 130 Å². The van der Waals surface area contributed by atoms with E-state index < -0.39 is 17.9 Å². The summed E-state index contributed by atoms with van der Waals surface area (Å²) in [6, 6.07) is 3.02. The summed E-state index contributed by atoms with van der Waals surface area (Å²) in [5.41, 5.74) is 3.68. The van der Waals surface area contributed by atoms with Gasteiger partial charge in [-0.15, -0.1) is 0 Å². The van der Waals surface area contributed by atoms with E-state index in [-0.39, 0.29) is 17.3 Å². The first-order chi connectivity index (χ1) is 13.8. The zero-order valence-corrected chi connectivity index (χ0v) is 16.1. The molecule has 0 aliphatic heterocycles. The minimum atomic E-state index is -2.96. The van der Waals surface area contributed by atoms with E-state index in [1.54, 1.807) is 10.9 Å². The average molecular weight is 406 g/mol. The number of hydrogen-bond acceptors (Lipinski definition) is 6. The standard InChI is InChI=1S/C18H23F2N5O2.CHN/c1-18(27,17(19)20)14-8-7-11(9-22-14)23-16-13(15(21)26)10-25(24-16)12-5-3-2-4-6-12;1-2/h7-10,12,17,27H,2-6H2,1H3,(H2,21,26)(H,23,24);1H. The third-order valence-corrected chi connectivity index (χ3v) is 4.92. The molecule has 1 unspecified atom stereocenters. The molecule has 8 nitrogen and oxygen atoms in total. The van der Waals surface area contributed by atoms with Gasteiger partial charge in [0.25, 0.3) is 12.3 Å². The van der Waals surface area contributed by atoms with Crippen LogP contribution in [0.5, 0.6) is 0 Å². The number of carbonyl (C=O) groups is 1. The van der Waals surface area contributed by atoms with Crippen molar-refractivity contribution in [2.45, 2.75) is 57.1 Å². The van der Waals surface area contributed by atoms with Crippen molar-refractivity contribution in [1.82, 2.24) is 14.8 Å². The Balaban J connectivity index is 0.00000145. The molecule has 3 rings (SSSR count). The zero-order valence-electron chi connectivity index (χ0n) is 16.1. The van der Waals surface area contributed by atoms with Crippen molar-refractivity contribution in [2.24, 2.45) is 5.73 Å². The Morgan fingerprint density at radius 2 is 2.03 bits per heavy atom. The van der Waals surface area contributed by atoms with Gasteiger partial charge in [-0.1, -0.05) is 19.3 Å². The van der Waals surface area contributed by atoms with Gasteiger partial charge >= 0.3 is 0 Å². The van der Waals surface area contributed by atoms with E-state index in [0.717, 1.165) is 32.6 Å². The van der Waals surface area contributed by atoms with Crippen LogP contribution >= 0.6 is 0 Å². The van der Waals surface area contributed by atoms with E-state index in [1.165, 1.54) is 24.8 Å². The lowest BCUT2D eigenvalue weighted by molar-refractivity contribution is -0.0910. The Hall–Kier alpha value is -3.06. The quantitative estimate of drug-likeness (QED) is 0.675. The molecule has 1 aliphatic rings. The van der Waals surface area contributed by atoms with E-state index in [9.17, 15) is 18.7 Å². The molecule has 1 saturated carbocycles. The predicted molar refractivity (Wildman–Crippen MR) is 103 cm³/mol. The van der Waals surface area contributed by atoms with Crippen LogP contribution in [0.25, 0.3) is 0 Å². The van der Waals surface area contributed by atoms with Gasteiger partial charge in [0.2, 0.25) is 0 Å². The molecule has 2 heterocycles. The molecule has 1 atom stereocenters. The van der Waals surface area contributed by atoms with Crippen LogP contribution in [0, 0.1) is 11.8 Å². The lowest BCUT2D eigenvalue weighted by atomic mass is 9.96. The predicted octanol–water partition coefficient (Wildman–Crippen LogP) is 3.24. The third kappa shape index (κ3) is 5.06. The number of rotatable bonds is 6. The maximum atomic E-state index is 12.9. The highest BCUT2D eigenvalue weighted by Gasteiger charge is 2.35. The summed E-state index contributed by atoms with van der Waals surface area (Å²) in [6.07, 6.45) is 5.42. The Morgan fingerprint density at radius 3 is 2.55 bits per heavy atom. The molecule has 1 fully saturated rings. The van der Waals surface area contributed by atoms with Gasteiger partial charge in [0.05, 0.1) is 23.6 Å². The summed E-state index contributed by atoms with van der Waals surface area (Å²) >= 11 is 0. The monoisotopic (exact) mass is 406 g/mol. The molecule has 0 radical (unpaired) electrons. The van der Waals surface area contributed by atoms with Crippen molar-refractivity contribution in [2.75, 3.05) is 5.32 Å². The number of nitriles is 1. The second-order valence-corrected chi connectivity index (χ2v) is 7.03. The van der Waals surface area contributed by atoms with Gasteiger partial charge in [0.1, 0.15) is 5.56 Å². The summed E-state index contributed by atoms with van der Waals surface area (Å²) in [6.45, 7) is 4.50. The second-order valence-electron chi connectivity index (χ2n) is 7.03. The van der Waals surface area contributed by atoms with Crippen LogP contribution in [0.4, 0.5) is 20.3 Å². The van der Waals surface area contributed by atoms with Gasteiger partial charge in [-0.2, -0.15) is 5.10 Å². The second kappa shape index (κ2) is 9.43. The average Bonchev–Trinajstić information content (AvgIpc) is 3.14. The minimum Gasteiger partial charge on any atom is -0.378 e. The summed E-state index contributed by atoms with van der Waals surface area (Å²) < 4.78 is 27.6. The van der Waals surface area contributed by atoms with Gasteiger partial charge < -0.3 is 16.2 Å². The molecule has 0 aromatic carbocycles. The summed E-state index contributed by atoms with van der Waals surface area (Å²) in [4.78, 5) is 15.7. The number of hydrogen-bond donors (Lipinski definition) is 3. The maximum Gasteiger partial charge on any atom is 0.272 e. The van der Waals surface area contributed by atoms with E-state index in [4.69, 9.17) is 11.0 Å². The number of nitrogens with one attached hydrogen (secondary N) is 1. The lowest BCUT2D eigenvalue weighted by Crippen LogP contribution is -2.31. The fourth-order valence-corrected chi connectivity index (χ4v) is 3.21. The van der Waals surface area contributed by atoms with Crippen LogP contribution in [0.3, 0.4) is 0 Å². The van der Waals surface area contributed by atoms with E-state index in [1.807, 2.05) is 0 Å². The third-order valence-electron chi connectivity index (χ3n) is 4.92. The number of alkyl halides is 2. The molecule has 0 saturated heterocycles. The largest absolute Gasteiger partial charge is 0.378 e. The highest BCUT2D eigenvalue weighted by molar-refractivity contribution is 5.98. The number of amides is 1. The van der Waals surface area contributed by atoms with Gasteiger partial charge in [-0.25, -0.2) is 14.0 Å². The summed E-state index contributed by atoms with van der Waals surface area (Å²) in [5, 5.41) is 23.7. The van der Waals surface area contributed by atoms with Crippen molar-refractivity contribution in [1.29, 1.82) is 5.26 Å². The number of anilines is 2. The maximum absolute atomic E-state index is 12.9. The Morgan fingerprint density at radius 1 is 1.38 bits per heavy atom. The van der Waals surface area contributed by atoms with E-state index >= 15 is 0 Å². The minimum absolute atomic E-state index is 0.147. The molecule has 0 bridgehead atoms.